The van der Waals surface area contributed by atoms with Crippen LogP contribution in [0.2, 0.25) is 0 Å². The lowest BCUT2D eigenvalue weighted by atomic mass is 9.51. The number of unbranched alkanes of at least 4 members (excludes halogenated alkanes) is 6. The number of hydrogen-bond donors (Lipinski definition) is 1. The molecule has 3 aliphatic carbocycles. The molecule has 250 valence electrons. The van der Waals surface area contributed by atoms with Crippen molar-refractivity contribution in [3.05, 3.63) is 59.2 Å². The lowest BCUT2D eigenvalue weighted by Gasteiger charge is -2.60. The van der Waals surface area contributed by atoms with Gasteiger partial charge < -0.3 is 19.5 Å². The van der Waals surface area contributed by atoms with Gasteiger partial charge in [0.05, 0.1) is 19.3 Å². The molecule has 7 rings (SSSR count). The van der Waals surface area contributed by atoms with E-state index in [-0.39, 0.29) is 23.7 Å². The molecule has 1 N–H and O–H groups in total. The Morgan fingerprint density at radius 2 is 1.85 bits per heavy atom. The van der Waals surface area contributed by atoms with Crippen molar-refractivity contribution in [2.75, 3.05) is 26.7 Å². The van der Waals surface area contributed by atoms with Gasteiger partial charge in [0.15, 0.2) is 11.5 Å². The van der Waals surface area contributed by atoms with Gasteiger partial charge in [-0.15, -0.1) is 0 Å². The summed E-state index contributed by atoms with van der Waals surface area (Å²) in [6.07, 6.45) is 16.0. The van der Waals surface area contributed by atoms with E-state index in [1.165, 1.54) is 36.0 Å². The van der Waals surface area contributed by atoms with Crippen LogP contribution in [0, 0.1) is 11.8 Å². The Bertz CT molecular complexity index is 1350. The highest BCUT2D eigenvalue weighted by molar-refractivity contribution is 5.77. The molecule has 1 spiro atoms. The van der Waals surface area contributed by atoms with Crippen molar-refractivity contribution in [1.82, 2.24) is 9.80 Å². The third-order valence-electron chi connectivity index (χ3n) is 12.4. The summed E-state index contributed by atoms with van der Waals surface area (Å²) in [6.45, 7) is 5.14. The van der Waals surface area contributed by atoms with Crippen LogP contribution in [0.5, 0.6) is 11.5 Å². The summed E-state index contributed by atoms with van der Waals surface area (Å²) < 4.78 is 13.0. The molecule has 6 heteroatoms. The Balaban J connectivity index is 1.06. The van der Waals surface area contributed by atoms with Crippen LogP contribution in [0.1, 0.15) is 107 Å². The zero-order valence-electron chi connectivity index (χ0n) is 28.3. The highest BCUT2D eigenvalue weighted by atomic mass is 16.5. The van der Waals surface area contributed by atoms with Crippen molar-refractivity contribution in [1.29, 1.82) is 0 Å². The Morgan fingerprint density at radius 1 is 1.04 bits per heavy atom. The van der Waals surface area contributed by atoms with E-state index in [1.807, 2.05) is 0 Å². The van der Waals surface area contributed by atoms with Gasteiger partial charge in [-0.3, -0.25) is 9.69 Å². The Hall–Kier alpha value is -2.57. The summed E-state index contributed by atoms with van der Waals surface area (Å²) in [5.41, 5.74) is 4.18. The monoisotopic (exact) mass is 628 g/mol. The minimum atomic E-state index is -0.113. The fourth-order valence-corrected chi connectivity index (χ4v) is 9.95. The predicted octanol–water partition coefficient (Wildman–Crippen LogP) is 7.09. The Labute approximate surface area is 276 Å². The SMILES string of the molecule is CCCCCN(C(=O)CCCCCCCc1ccccc1)[C@H]1CC[C@H]2[C@H]3Cc4ccc(OC)c5c4[C@@]2(CCN3CC2CC2O)[C@H]1O5. The van der Waals surface area contributed by atoms with E-state index in [0.29, 0.717) is 30.2 Å². The largest absolute Gasteiger partial charge is 0.493 e. The molecule has 46 heavy (non-hydrogen) atoms. The number of likely N-dealkylation sites (tertiary alicyclic amines) is 1. The zero-order valence-corrected chi connectivity index (χ0v) is 28.3. The lowest BCUT2D eigenvalue weighted by Crippen LogP contribution is -2.69. The van der Waals surface area contributed by atoms with Gasteiger partial charge >= 0.3 is 0 Å². The standard InChI is InChI=1S/C40H56N2O4/c1-3-4-13-23-42(36(44)17-12-7-5-6-9-14-28-15-10-8-11-16-28)32-20-19-31-33-25-29-18-21-35(45-2)38-37(29)40(31,39(32)46-38)22-24-41(33)27-30-26-34(30)43/h8,10-11,15-16,18,21,30-34,39,43H,3-7,9,12-14,17,19-20,22-27H2,1-2H3/t30?,31-,32-,33+,34?,39-,40-/m0/s1. The second kappa shape index (κ2) is 13.9. The molecule has 0 aromatic heterocycles. The number of rotatable bonds is 16. The third kappa shape index (κ3) is 5.98. The minimum Gasteiger partial charge on any atom is -0.493 e. The number of nitrogens with zero attached hydrogens (tertiary/aromatic N) is 2. The maximum Gasteiger partial charge on any atom is 0.222 e. The predicted molar refractivity (Wildman–Crippen MR) is 182 cm³/mol. The first-order chi connectivity index (χ1) is 22.5. The number of carbonyl (C=O) groups is 1. The molecule has 7 atom stereocenters. The number of aliphatic hydroxyl groups excluding tert-OH is 1. The molecule has 3 fully saturated rings. The van der Waals surface area contributed by atoms with Gasteiger partial charge in [0.1, 0.15) is 6.10 Å². The van der Waals surface area contributed by atoms with Gasteiger partial charge in [-0.05, 0) is 87.4 Å². The van der Waals surface area contributed by atoms with Gasteiger partial charge in [-0.25, -0.2) is 0 Å². The first-order valence-corrected chi connectivity index (χ1v) is 18.7. The van der Waals surface area contributed by atoms with Crippen molar-refractivity contribution in [3.63, 3.8) is 0 Å². The number of carbonyl (C=O) groups excluding carboxylic acids is 1. The van der Waals surface area contributed by atoms with Gasteiger partial charge in [-0.2, -0.15) is 0 Å². The van der Waals surface area contributed by atoms with Crippen molar-refractivity contribution in [3.8, 4) is 11.5 Å². The molecule has 2 saturated carbocycles. The fourth-order valence-electron chi connectivity index (χ4n) is 9.95. The fraction of sp³-hybridized carbons (Fsp3) is 0.675. The normalized spacial score (nSPS) is 30.4. The molecule has 2 aromatic rings. The molecule has 2 aromatic carbocycles. The van der Waals surface area contributed by atoms with Crippen LogP contribution in [0.15, 0.2) is 42.5 Å². The van der Waals surface area contributed by atoms with Crippen LogP contribution >= 0.6 is 0 Å². The van der Waals surface area contributed by atoms with Crippen LogP contribution in [0.4, 0.5) is 0 Å². The van der Waals surface area contributed by atoms with E-state index in [9.17, 15) is 9.90 Å². The molecular weight excluding hydrogens is 572 g/mol. The summed E-state index contributed by atoms with van der Waals surface area (Å²) in [6, 6.07) is 15.8. The van der Waals surface area contributed by atoms with Gasteiger partial charge in [0.2, 0.25) is 5.91 Å². The van der Waals surface area contributed by atoms with E-state index in [4.69, 9.17) is 9.47 Å². The third-order valence-corrected chi connectivity index (χ3v) is 12.4. The van der Waals surface area contributed by atoms with Gasteiger partial charge in [0, 0.05) is 42.4 Å². The first-order valence-electron chi connectivity index (χ1n) is 18.7. The maximum atomic E-state index is 14.2. The lowest BCUT2D eigenvalue weighted by molar-refractivity contribution is -0.143. The Kier molecular flexibility index (Phi) is 9.66. The van der Waals surface area contributed by atoms with Crippen LogP contribution in [0.3, 0.4) is 0 Å². The summed E-state index contributed by atoms with van der Waals surface area (Å²) in [7, 11) is 1.76. The van der Waals surface area contributed by atoms with Crippen LogP contribution in [-0.4, -0.2) is 71.8 Å². The van der Waals surface area contributed by atoms with Gasteiger partial charge in [-0.1, -0.05) is 75.4 Å². The smallest absolute Gasteiger partial charge is 0.222 e. The molecule has 5 aliphatic rings. The number of methoxy groups -OCH3 is 1. The highest BCUT2D eigenvalue weighted by Crippen LogP contribution is 2.64. The number of ether oxygens (including phenoxy) is 2. The molecular formula is C40H56N2O4. The first kappa shape index (κ1) is 32.0. The quantitative estimate of drug-likeness (QED) is 0.201. The maximum absolute atomic E-state index is 14.2. The van der Waals surface area contributed by atoms with Crippen LogP contribution < -0.4 is 9.47 Å². The van der Waals surface area contributed by atoms with Gasteiger partial charge in [0.25, 0.3) is 0 Å². The summed E-state index contributed by atoms with van der Waals surface area (Å²) in [5.74, 6) is 3.09. The highest BCUT2D eigenvalue weighted by Gasteiger charge is 2.67. The average molecular weight is 629 g/mol. The molecule has 6 nitrogen and oxygen atoms in total. The van der Waals surface area contributed by atoms with E-state index in [0.717, 1.165) is 102 Å². The van der Waals surface area contributed by atoms with E-state index < -0.39 is 0 Å². The van der Waals surface area contributed by atoms with Crippen LogP contribution in [0.25, 0.3) is 0 Å². The number of aliphatic hydroxyl groups is 1. The molecule has 0 radical (unpaired) electrons. The number of piperidine rings is 1. The molecule has 2 bridgehead atoms. The molecule has 2 aliphatic heterocycles. The molecule has 1 saturated heterocycles. The average Bonchev–Trinajstić information content (AvgIpc) is 3.66. The number of hydrogen-bond acceptors (Lipinski definition) is 5. The number of benzene rings is 2. The van der Waals surface area contributed by atoms with E-state index in [1.54, 1.807) is 7.11 Å². The van der Waals surface area contributed by atoms with E-state index in [2.05, 4.69) is 59.2 Å². The minimum absolute atomic E-state index is 0.0173. The second-order valence-electron chi connectivity index (χ2n) is 15.1. The summed E-state index contributed by atoms with van der Waals surface area (Å²) in [5, 5.41) is 10.2. The van der Waals surface area contributed by atoms with Crippen molar-refractivity contribution in [2.24, 2.45) is 11.8 Å². The molecule has 2 heterocycles. The van der Waals surface area contributed by atoms with Crippen LogP contribution in [-0.2, 0) is 23.1 Å². The Morgan fingerprint density at radius 3 is 2.63 bits per heavy atom. The number of aryl methyl sites for hydroxylation is 1. The topological polar surface area (TPSA) is 62.2 Å². The second-order valence-corrected chi connectivity index (χ2v) is 15.1. The van der Waals surface area contributed by atoms with E-state index >= 15 is 0 Å². The number of amides is 1. The zero-order chi connectivity index (χ0) is 31.7. The summed E-state index contributed by atoms with van der Waals surface area (Å²) >= 11 is 0. The van der Waals surface area contributed by atoms with Crippen molar-refractivity contribution in [2.45, 2.75) is 133 Å². The van der Waals surface area contributed by atoms with Crippen molar-refractivity contribution < 1.29 is 19.4 Å². The molecule has 1 amide bonds. The molecule has 2 unspecified atom stereocenters. The summed E-state index contributed by atoms with van der Waals surface area (Å²) in [4.78, 5) is 19.2. The van der Waals surface area contributed by atoms with Crippen molar-refractivity contribution >= 4 is 5.91 Å².